The Bertz CT molecular complexity index is 326. The van der Waals surface area contributed by atoms with E-state index in [1.54, 1.807) is 6.33 Å². The van der Waals surface area contributed by atoms with Gasteiger partial charge in [0.15, 0.2) is 0 Å². The number of hydrogen-bond acceptors (Lipinski definition) is 4. The lowest BCUT2D eigenvalue weighted by Crippen LogP contribution is -2.44. The fourth-order valence-corrected chi connectivity index (χ4v) is 1.91. The summed E-state index contributed by atoms with van der Waals surface area (Å²) in [5.74, 6) is 0. The van der Waals surface area contributed by atoms with Crippen LogP contribution in [0.25, 0.3) is 0 Å². The van der Waals surface area contributed by atoms with Crippen molar-refractivity contribution in [1.82, 2.24) is 20.2 Å². The summed E-state index contributed by atoms with van der Waals surface area (Å²) in [4.78, 5) is 9.62. The second kappa shape index (κ2) is 5.43. The quantitative estimate of drug-likeness (QED) is 0.764. The lowest BCUT2D eigenvalue weighted by Gasteiger charge is -2.30. The summed E-state index contributed by atoms with van der Waals surface area (Å²) in [5.41, 5.74) is 2.22. The Hall–Kier alpha value is -0.910. The predicted molar refractivity (Wildman–Crippen MR) is 62.3 cm³/mol. The predicted octanol–water partition coefficient (Wildman–Crippen LogP) is 0.138. The molecule has 0 radical (unpaired) electrons. The van der Waals surface area contributed by atoms with Crippen molar-refractivity contribution in [3.05, 3.63) is 17.7 Å². The number of nitrogens with zero attached hydrogens (tertiary/aromatic N) is 2. The Kier molecular flexibility index (Phi) is 3.93. The number of H-pyrrole nitrogens is 1. The molecule has 0 spiro atoms. The Balaban J connectivity index is 1.70. The van der Waals surface area contributed by atoms with Gasteiger partial charge in [-0.15, -0.1) is 0 Å². The lowest BCUT2D eigenvalue weighted by atomic mass is 10.2. The van der Waals surface area contributed by atoms with Gasteiger partial charge >= 0.3 is 0 Å². The Morgan fingerprint density at radius 2 is 2.56 bits per heavy atom. The van der Waals surface area contributed by atoms with E-state index in [1.807, 2.05) is 6.92 Å². The third-order valence-electron chi connectivity index (χ3n) is 2.94. The Morgan fingerprint density at radius 3 is 3.25 bits per heavy atom. The fourth-order valence-electron chi connectivity index (χ4n) is 1.91. The van der Waals surface area contributed by atoms with E-state index in [-0.39, 0.29) is 0 Å². The third kappa shape index (κ3) is 3.04. The second-order valence-corrected chi connectivity index (χ2v) is 4.36. The molecule has 0 amide bonds. The molecule has 5 heteroatoms. The Labute approximate surface area is 96.2 Å². The van der Waals surface area contributed by atoms with Crippen molar-refractivity contribution < 1.29 is 4.74 Å². The monoisotopic (exact) mass is 224 g/mol. The number of ether oxygens (including phenoxy) is 1. The first-order chi connectivity index (χ1) is 7.75. The first-order valence-corrected chi connectivity index (χ1v) is 5.75. The highest BCUT2D eigenvalue weighted by molar-refractivity contribution is 5.07. The molecule has 0 aliphatic carbocycles. The number of morpholine rings is 1. The zero-order valence-electron chi connectivity index (χ0n) is 9.99. The lowest BCUT2D eigenvalue weighted by molar-refractivity contribution is -0.0182. The molecule has 0 saturated carbocycles. The van der Waals surface area contributed by atoms with Crippen LogP contribution in [-0.4, -0.2) is 54.3 Å². The molecule has 90 valence electrons. The van der Waals surface area contributed by atoms with Crippen LogP contribution in [0.1, 0.15) is 11.4 Å². The van der Waals surface area contributed by atoms with Crippen molar-refractivity contribution in [1.29, 1.82) is 0 Å². The highest BCUT2D eigenvalue weighted by Crippen LogP contribution is 2.03. The van der Waals surface area contributed by atoms with E-state index in [4.69, 9.17) is 4.74 Å². The van der Waals surface area contributed by atoms with Crippen LogP contribution in [0, 0.1) is 6.92 Å². The van der Waals surface area contributed by atoms with Crippen LogP contribution in [0.5, 0.6) is 0 Å². The first kappa shape index (κ1) is 11.6. The molecule has 0 bridgehead atoms. The average Bonchev–Trinajstić information content (AvgIpc) is 2.65. The van der Waals surface area contributed by atoms with Gasteiger partial charge in [-0.25, -0.2) is 4.98 Å². The number of hydrogen-bond donors (Lipinski definition) is 2. The van der Waals surface area contributed by atoms with Gasteiger partial charge < -0.3 is 19.9 Å². The number of imidazole rings is 1. The van der Waals surface area contributed by atoms with E-state index in [1.165, 1.54) is 0 Å². The molecule has 16 heavy (non-hydrogen) atoms. The zero-order chi connectivity index (χ0) is 11.4. The summed E-state index contributed by atoms with van der Waals surface area (Å²) < 4.78 is 5.67. The Morgan fingerprint density at radius 1 is 1.69 bits per heavy atom. The van der Waals surface area contributed by atoms with Crippen LogP contribution >= 0.6 is 0 Å². The summed E-state index contributed by atoms with van der Waals surface area (Å²) in [6.45, 7) is 6.61. The van der Waals surface area contributed by atoms with Crippen LogP contribution in [0.2, 0.25) is 0 Å². The summed E-state index contributed by atoms with van der Waals surface area (Å²) in [6, 6.07) is 0. The first-order valence-electron chi connectivity index (χ1n) is 5.75. The zero-order valence-corrected chi connectivity index (χ0v) is 9.99. The topological polar surface area (TPSA) is 53.2 Å². The molecule has 2 N–H and O–H groups in total. The maximum absolute atomic E-state index is 5.67. The van der Waals surface area contributed by atoms with Crippen LogP contribution < -0.4 is 5.32 Å². The molecular formula is C11H20N4O. The SMILES string of the molecule is Cc1[nH]cnc1CNCC1CN(C)CCO1. The van der Waals surface area contributed by atoms with Crippen molar-refractivity contribution in [2.75, 3.05) is 33.3 Å². The molecule has 2 heterocycles. The summed E-state index contributed by atoms with van der Waals surface area (Å²) in [7, 11) is 2.13. The summed E-state index contributed by atoms with van der Waals surface area (Å²) in [6.07, 6.45) is 2.04. The van der Waals surface area contributed by atoms with Gasteiger partial charge in [0, 0.05) is 31.9 Å². The van der Waals surface area contributed by atoms with E-state index < -0.39 is 0 Å². The number of nitrogens with one attached hydrogen (secondary N) is 2. The van der Waals surface area contributed by atoms with Crippen LogP contribution in [0.15, 0.2) is 6.33 Å². The van der Waals surface area contributed by atoms with E-state index in [0.717, 1.165) is 44.2 Å². The minimum atomic E-state index is 0.304. The van der Waals surface area contributed by atoms with Gasteiger partial charge in [-0.3, -0.25) is 0 Å². The average molecular weight is 224 g/mol. The minimum Gasteiger partial charge on any atom is -0.374 e. The number of likely N-dealkylation sites (N-methyl/N-ethyl adjacent to an activating group) is 1. The highest BCUT2D eigenvalue weighted by Gasteiger charge is 2.16. The van der Waals surface area contributed by atoms with Crippen molar-refractivity contribution in [3.63, 3.8) is 0 Å². The third-order valence-corrected chi connectivity index (χ3v) is 2.94. The van der Waals surface area contributed by atoms with Gasteiger partial charge in [-0.2, -0.15) is 0 Å². The minimum absolute atomic E-state index is 0.304. The van der Waals surface area contributed by atoms with Crippen LogP contribution in [-0.2, 0) is 11.3 Å². The number of aryl methyl sites for hydroxylation is 1. The standard InChI is InChI=1S/C11H20N4O/c1-9-11(14-8-13-9)6-12-5-10-7-15(2)3-4-16-10/h8,10,12H,3-7H2,1-2H3,(H,13,14). The van der Waals surface area contributed by atoms with E-state index >= 15 is 0 Å². The maximum Gasteiger partial charge on any atom is 0.0925 e. The van der Waals surface area contributed by atoms with E-state index in [0.29, 0.717) is 6.10 Å². The molecule has 5 nitrogen and oxygen atoms in total. The number of aromatic nitrogens is 2. The summed E-state index contributed by atoms with van der Waals surface area (Å²) in [5, 5.41) is 3.38. The van der Waals surface area contributed by atoms with Gasteiger partial charge in [0.05, 0.1) is 24.7 Å². The molecule has 2 rings (SSSR count). The van der Waals surface area contributed by atoms with Gasteiger partial charge in [-0.1, -0.05) is 0 Å². The molecular weight excluding hydrogens is 204 g/mol. The van der Waals surface area contributed by atoms with E-state index in [9.17, 15) is 0 Å². The molecule has 1 aromatic heterocycles. The van der Waals surface area contributed by atoms with Gasteiger partial charge in [0.1, 0.15) is 0 Å². The summed E-state index contributed by atoms with van der Waals surface area (Å²) >= 11 is 0. The molecule has 1 saturated heterocycles. The van der Waals surface area contributed by atoms with Gasteiger partial charge in [0.25, 0.3) is 0 Å². The molecule has 1 atom stereocenters. The highest BCUT2D eigenvalue weighted by atomic mass is 16.5. The van der Waals surface area contributed by atoms with Crippen LogP contribution in [0.4, 0.5) is 0 Å². The largest absolute Gasteiger partial charge is 0.374 e. The van der Waals surface area contributed by atoms with Crippen molar-refractivity contribution in [2.24, 2.45) is 0 Å². The van der Waals surface area contributed by atoms with Gasteiger partial charge in [0.2, 0.25) is 0 Å². The maximum atomic E-state index is 5.67. The molecule has 1 aromatic rings. The molecule has 1 aliphatic heterocycles. The second-order valence-electron chi connectivity index (χ2n) is 4.36. The van der Waals surface area contributed by atoms with Crippen molar-refractivity contribution in [2.45, 2.75) is 19.6 Å². The molecule has 1 unspecified atom stereocenters. The normalized spacial score (nSPS) is 22.5. The molecule has 0 aromatic carbocycles. The number of rotatable bonds is 4. The smallest absolute Gasteiger partial charge is 0.0925 e. The van der Waals surface area contributed by atoms with Gasteiger partial charge in [-0.05, 0) is 14.0 Å². The van der Waals surface area contributed by atoms with Crippen molar-refractivity contribution >= 4 is 0 Å². The molecule has 1 fully saturated rings. The fraction of sp³-hybridized carbons (Fsp3) is 0.727. The number of aromatic amines is 1. The van der Waals surface area contributed by atoms with Crippen LogP contribution in [0.3, 0.4) is 0 Å². The van der Waals surface area contributed by atoms with Crippen molar-refractivity contribution in [3.8, 4) is 0 Å². The van der Waals surface area contributed by atoms with E-state index in [2.05, 4.69) is 27.2 Å². The molecule has 1 aliphatic rings.